The van der Waals surface area contributed by atoms with Gasteiger partial charge in [0, 0.05) is 17.8 Å². The minimum Gasteiger partial charge on any atom is -0.508 e. The smallest absolute Gasteiger partial charge is 0.508 e. The van der Waals surface area contributed by atoms with Crippen LogP contribution in [0.1, 0.15) is 5.56 Å². The average molecular weight is 359 g/mol. The minimum atomic E-state index is -4.71. The van der Waals surface area contributed by atoms with Gasteiger partial charge in [-0.05, 0) is 41.5 Å². The Bertz CT molecular complexity index is 877. The summed E-state index contributed by atoms with van der Waals surface area (Å²) in [5.41, 5.74) is 3.00. The number of phenols is 1. The molecular formula is C20H16F3NO2. The van der Waals surface area contributed by atoms with Crippen LogP contribution in [0.2, 0.25) is 0 Å². The van der Waals surface area contributed by atoms with Crippen LogP contribution < -0.4 is 10.1 Å². The SMILES string of the molecule is Oc1ccccc1CNc1ccc(-c2cccc(OC(F)(F)F)c2)cc1. The highest BCUT2D eigenvalue weighted by atomic mass is 19.4. The molecule has 0 atom stereocenters. The van der Waals surface area contributed by atoms with Gasteiger partial charge >= 0.3 is 6.36 Å². The van der Waals surface area contributed by atoms with Crippen molar-refractivity contribution in [3.05, 3.63) is 78.4 Å². The molecule has 0 unspecified atom stereocenters. The number of alkyl halides is 3. The van der Waals surface area contributed by atoms with Crippen LogP contribution in [0.25, 0.3) is 11.1 Å². The molecule has 0 fully saturated rings. The molecule has 0 saturated heterocycles. The van der Waals surface area contributed by atoms with Crippen LogP contribution in [0.4, 0.5) is 18.9 Å². The van der Waals surface area contributed by atoms with Crippen molar-refractivity contribution in [1.82, 2.24) is 0 Å². The summed E-state index contributed by atoms with van der Waals surface area (Å²) in [7, 11) is 0. The number of para-hydroxylation sites is 1. The van der Waals surface area contributed by atoms with Crippen LogP contribution in [0.3, 0.4) is 0 Å². The molecule has 0 spiro atoms. The van der Waals surface area contributed by atoms with Gasteiger partial charge in [-0.15, -0.1) is 13.2 Å². The van der Waals surface area contributed by atoms with E-state index in [1.54, 1.807) is 30.3 Å². The zero-order chi connectivity index (χ0) is 18.6. The molecule has 2 N–H and O–H groups in total. The molecule has 0 saturated carbocycles. The molecule has 134 valence electrons. The zero-order valence-electron chi connectivity index (χ0n) is 13.6. The van der Waals surface area contributed by atoms with Gasteiger partial charge in [0.25, 0.3) is 0 Å². The standard InChI is InChI=1S/C20H16F3NO2/c21-20(22,23)26-18-6-3-5-15(12-18)14-8-10-17(11-9-14)24-13-16-4-1-2-7-19(16)25/h1-12,24-25H,13H2. The highest BCUT2D eigenvalue weighted by Crippen LogP contribution is 2.28. The lowest BCUT2D eigenvalue weighted by Gasteiger charge is -2.11. The van der Waals surface area contributed by atoms with Gasteiger partial charge in [0.05, 0.1) is 0 Å². The Balaban J connectivity index is 1.70. The van der Waals surface area contributed by atoms with E-state index in [1.165, 1.54) is 18.2 Å². The van der Waals surface area contributed by atoms with E-state index in [1.807, 2.05) is 24.3 Å². The highest BCUT2D eigenvalue weighted by molar-refractivity contribution is 5.67. The van der Waals surface area contributed by atoms with Gasteiger partial charge in [-0.3, -0.25) is 0 Å². The summed E-state index contributed by atoms with van der Waals surface area (Å²) in [6.07, 6.45) is -4.71. The molecule has 0 aliphatic rings. The molecule has 3 aromatic carbocycles. The van der Waals surface area contributed by atoms with Crippen molar-refractivity contribution >= 4 is 5.69 Å². The van der Waals surface area contributed by atoms with Gasteiger partial charge in [-0.25, -0.2) is 0 Å². The predicted molar refractivity (Wildman–Crippen MR) is 94.0 cm³/mol. The third kappa shape index (κ3) is 4.69. The summed E-state index contributed by atoms with van der Waals surface area (Å²) in [5, 5.41) is 12.9. The molecule has 0 amide bonds. The summed E-state index contributed by atoms with van der Waals surface area (Å²) in [6, 6.07) is 20.1. The van der Waals surface area contributed by atoms with Gasteiger partial charge in [0.1, 0.15) is 11.5 Å². The monoisotopic (exact) mass is 359 g/mol. The number of nitrogens with one attached hydrogen (secondary N) is 1. The Kier molecular flexibility index (Phi) is 5.02. The second-order valence-corrected chi connectivity index (χ2v) is 5.64. The van der Waals surface area contributed by atoms with Crippen molar-refractivity contribution < 1.29 is 23.0 Å². The van der Waals surface area contributed by atoms with Crippen LogP contribution in [0, 0.1) is 0 Å². The quantitative estimate of drug-likeness (QED) is 0.626. The topological polar surface area (TPSA) is 41.5 Å². The third-order valence-electron chi connectivity index (χ3n) is 3.76. The molecule has 26 heavy (non-hydrogen) atoms. The largest absolute Gasteiger partial charge is 0.573 e. The van der Waals surface area contributed by atoms with E-state index in [0.29, 0.717) is 12.1 Å². The number of anilines is 1. The first-order valence-electron chi connectivity index (χ1n) is 7.88. The zero-order valence-corrected chi connectivity index (χ0v) is 13.6. The number of ether oxygens (including phenoxy) is 1. The van der Waals surface area contributed by atoms with Crippen LogP contribution in [-0.4, -0.2) is 11.5 Å². The first kappa shape index (κ1) is 17.7. The number of rotatable bonds is 5. The average Bonchev–Trinajstić information content (AvgIpc) is 2.60. The predicted octanol–water partition coefficient (Wildman–Crippen LogP) is 5.57. The van der Waals surface area contributed by atoms with Crippen LogP contribution in [0.5, 0.6) is 11.5 Å². The van der Waals surface area contributed by atoms with Crippen molar-refractivity contribution in [2.75, 3.05) is 5.32 Å². The van der Waals surface area contributed by atoms with Gasteiger partial charge in [0.15, 0.2) is 0 Å². The maximum atomic E-state index is 12.3. The Morgan fingerprint density at radius 1 is 0.846 bits per heavy atom. The van der Waals surface area contributed by atoms with E-state index in [0.717, 1.165) is 16.8 Å². The molecule has 3 rings (SSSR count). The van der Waals surface area contributed by atoms with Gasteiger partial charge in [-0.2, -0.15) is 0 Å². The number of halogens is 3. The van der Waals surface area contributed by atoms with Crippen molar-refractivity contribution in [3.63, 3.8) is 0 Å². The Morgan fingerprint density at radius 3 is 2.27 bits per heavy atom. The Hall–Kier alpha value is -3.15. The molecule has 6 heteroatoms. The molecule has 0 bridgehead atoms. The van der Waals surface area contributed by atoms with Crippen LogP contribution in [-0.2, 0) is 6.54 Å². The van der Waals surface area contributed by atoms with Gasteiger partial charge < -0.3 is 15.2 Å². The number of hydrogen-bond donors (Lipinski definition) is 2. The summed E-state index contributed by atoms with van der Waals surface area (Å²) in [5.74, 6) is -0.0325. The maximum Gasteiger partial charge on any atom is 0.573 e. The number of phenolic OH excluding ortho intramolecular Hbond substituents is 1. The molecule has 0 aliphatic carbocycles. The van der Waals surface area contributed by atoms with Crippen LogP contribution >= 0.6 is 0 Å². The van der Waals surface area contributed by atoms with Crippen LogP contribution in [0.15, 0.2) is 72.8 Å². The lowest BCUT2D eigenvalue weighted by atomic mass is 10.1. The highest BCUT2D eigenvalue weighted by Gasteiger charge is 2.31. The minimum absolute atomic E-state index is 0.220. The Morgan fingerprint density at radius 2 is 1.58 bits per heavy atom. The second-order valence-electron chi connectivity index (χ2n) is 5.64. The Labute approximate surface area is 148 Å². The summed E-state index contributed by atoms with van der Waals surface area (Å²) < 4.78 is 41.0. The van der Waals surface area contributed by atoms with Crippen molar-refractivity contribution in [2.24, 2.45) is 0 Å². The molecular weight excluding hydrogens is 343 g/mol. The fourth-order valence-corrected chi connectivity index (χ4v) is 2.51. The van der Waals surface area contributed by atoms with E-state index in [-0.39, 0.29) is 11.5 Å². The van der Waals surface area contributed by atoms with E-state index < -0.39 is 6.36 Å². The fourth-order valence-electron chi connectivity index (χ4n) is 2.51. The third-order valence-corrected chi connectivity index (χ3v) is 3.76. The van der Waals surface area contributed by atoms with E-state index in [9.17, 15) is 18.3 Å². The second kappa shape index (κ2) is 7.39. The first-order valence-corrected chi connectivity index (χ1v) is 7.88. The molecule has 0 radical (unpaired) electrons. The lowest BCUT2D eigenvalue weighted by molar-refractivity contribution is -0.274. The molecule has 0 heterocycles. The van der Waals surface area contributed by atoms with E-state index in [4.69, 9.17) is 0 Å². The van der Waals surface area contributed by atoms with Crippen molar-refractivity contribution in [2.45, 2.75) is 12.9 Å². The van der Waals surface area contributed by atoms with Gasteiger partial charge in [0.2, 0.25) is 0 Å². The van der Waals surface area contributed by atoms with E-state index in [2.05, 4.69) is 10.1 Å². The molecule has 3 aromatic rings. The van der Waals surface area contributed by atoms with Gasteiger partial charge in [-0.1, -0.05) is 42.5 Å². The molecule has 3 nitrogen and oxygen atoms in total. The lowest BCUT2D eigenvalue weighted by Crippen LogP contribution is -2.17. The van der Waals surface area contributed by atoms with E-state index >= 15 is 0 Å². The summed E-state index contributed by atoms with van der Waals surface area (Å²) in [4.78, 5) is 0. The maximum absolute atomic E-state index is 12.3. The van der Waals surface area contributed by atoms with Crippen molar-refractivity contribution in [3.8, 4) is 22.6 Å². The fraction of sp³-hybridized carbons (Fsp3) is 0.100. The van der Waals surface area contributed by atoms with Crippen molar-refractivity contribution in [1.29, 1.82) is 0 Å². The number of aromatic hydroxyl groups is 1. The summed E-state index contributed by atoms with van der Waals surface area (Å²) in [6.45, 7) is 0.459. The number of hydrogen-bond acceptors (Lipinski definition) is 3. The molecule has 0 aliphatic heterocycles. The first-order chi connectivity index (χ1) is 12.4. The molecule has 0 aromatic heterocycles. The summed E-state index contributed by atoms with van der Waals surface area (Å²) >= 11 is 0. The normalized spacial score (nSPS) is 11.2. The number of benzene rings is 3.